The van der Waals surface area contributed by atoms with E-state index in [0.717, 1.165) is 6.07 Å². The summed E-state index contributed by atoms with van der Waals surface area (Å²) in [6.07, 6.45) is -1.33. The van der Waals surface area contributed by atoms with E-state index >= 15 is 0 Å². The molecule has 0 fully saturated rings. The fourth-order valence-electron chi connectivity index (χ4n) is 1.20. The molecular weight excluding hydrogens is 246 g/mol. The molecule has 9 heteroatoms. The summed E-state index contributed by atoms with van der Waals surface area (Å²) in [5.41, 5.74) is -2.08. The summed E-state index contributed by atoms with van der Waals surface area (Å²) in [7, 11) is 0. The first-order valence-corrected chi connectivity index (χ1v) is 4.86. The molecular formula is C9H11N3O6. The molecule has 0 radical (unpaired) electrons. The van der Waals surface area contributed by atoms with Crippen molar-refractivity contribution in [3.8, 4) is 0 Å². The van der Waals surface area contributed by atoms with E-state index in [-0.39, 0.29) is 0 Å². The van der Waals surface area contributed by atoms with Gasteiger partial charge in [0.2, 0.25) is 0 Å². The number of carboxylic acid groups (broad SMARTS) is 1. The molecule has 1 aromatic heterocycles. The van der Waals surface area contributed by atoms with E-state index in [1.807, 2.05) is 15.3 Å². The predicted molar refractivity (Wildman–Crippen MR) is 58.3 cm³/mol. The highest BCUT2D eigenvalue weighted by Gasteiger charge is 2.25. The molecule has 0 unspecified atom stereocenters. The van der Waals surface area contributed by atoms with Crippen molar-refractivity contribution in [2.75, 3.05) is 0 Å². The molecule has 9 nitrogen and oxygen atoms in total. The monoisotopic (exact) mass is 257 g/mol. The number of carboxylic acids is 1. The molecule has 1 amide bonds. The summed E-state index contributed by atoms with van der Waals surface area (Å²) in [6, 6.07) is -0.738. The second-order valence-corrected chi connectivity index (χ2v) is 3.53. The van der Waals surface area contributed by atoms with Gasteiger partial charge in [-0.2, -0.15) is 0 Å². The van der Waals surface area contributed by atoms with Gasteiger partial charge in [-0.05, 0) is 6.92 Å². The lowest BCUT2D eigenvalue weighted by molar-refractivity contribution is -0.141. The number of aromatic amines is 2. The van der Waals surface area contributed by atoms with E-state index in [1.165, 1.54) is 6.92 Å². The standard InChI is InChI=1S/C9H11N3O6/c1-3(13)6(8(16)17)12-7(15)4-2-5(14)11-9(18)10-4/h2-3,6,13H,1H3,(H,12,15)(H,16,17)(H2,10,11,14,18)/t3-,6+/m1/s1. The van der Waals surface area contributed by atoms with Crippen molar-refractivity contribution < 1.29 is 19.8 Å². The van der Waals surface area contributed by atoms with Crippen LogP contribution in [0.5, 0.6) is 0 Å². The lowest BCUT2D eigenvalue weighted by Gasteiger charge is -2.16. The fourth-order valence-corrected chi connectivity index (χ4v) is 1.20. The van der Waals surface area contributed by atoms with E-state index < -0.39 is 41.0 Å². The van der Waals surface area contributed by atoms with E-state index in [0.29, 0.717) is 0 Å². The van der Waals surface area contributed by atoms with Gasteiger partial charge < -0.3 is 20.5 Å². The molecule has 0 aliphatic rings. The van der Waals surface area contributed by atoms with Gasteiger partial charge in [0.15, 0.2) is 6.04 Å². The summed E-state index contributed by atoms with van der Waals surface area (Å²) < 4.78 is 0. The zero-order valence-electron chi connectivity index (χ0n) is 9.26. The topological polar surface area (TPSA) is 152 Å². The smallest absolute Gasteiger partial charge is 0.328 e. The third-order valence-corrected chi connectivity index (χ3v) is 2.04. The minimum atomic E-state index is -1.54. The summed E-state index contributed by atoms with van der Waals surface area (Å²) in [5, 5.41) is 19.9. The lowest BCUT2D eigenvalue weighted by atomic mass is 10.2. The van der Waals surface area contributed by atoms with Crippen molar-refractivity contribution >= 4 is 11.9 Å². The number of hydrogen-bond donors (Lipinski definition) is 5. The summed E-state index contributed by atoms with van der Waals surface area (Å²) in [4.78, 5) is 48.0. The number of carbonyl (C=O) groups is 2. The number of rotatable bonds is 4. The molecule has 98 valence electrons. The van der Waals surface area contributed by atoms with Crippen LogP contribution in [-0.2, 0) is 4.79 Å². The average molecular weight is 257 g/mol. The van der Waals surface area contributed by atoms with E-state index in [9.17, 15) is 19.2 Å². The van der Waals surface area contributed by atoms with Gasteiger partial charge in [-0.3, -0.25) is 14.6 Å². The van der Waals surface area contributed by atoms with Crippen LogP contribution in [0.2, 0.25) is 0 Å². The summed E-state index contributed by atoms with van der Waals surface area (Å²) in [6.45, 7) is 1.18. The van der Waals surface area contributed by atoms with Crippen molar-refractivity contribution in [3.05, 3.63) is 32.6 Å². The molecule has 5 N–H and O–H groups in total. The Balaban J connectivity index is 2.97. The number of aromatic nitrogens is 2. The van der Waals surface area contributed by atoms with Gasteiger partial charge in [0.25, 0.3) is 11.5 Å². The SMILES string of the molecule is C[C@@H](O)[C@H](NC(=O)c1cc(=O)[nH]c(=O)[nH]1)C(=O)O. The van der Waals surface area contributed by atoms with Crippen LogP contribution in [0.1, 0.15) is 17.4 Å². The average Bonchev–Trinajstić information content (AvgIpc) is 2.23. The van der Waals surface area contributed by atoms with Gasteiger partial charge in [0, 0.05) is 6.07 Å². The minimum Gasteiger partial charge on any atom is -0.480 e. The molecule has 0 bridgehead atoms. The molecule has 0 spiro atoms. The maximum absolute atomic E-state index is 11.6. The number of aliphatic hydroxyl groups excluding tert-OH is 1. The van der Waals surface area contributed by atoms with Gasteiger partial charge in [0.05, 0.1) is 6.10 Å². The highest BCUT2D eigenvalue weighted by molar-refractivity contribution is 5.94. The quantitative estimate of drug-likeness (QED) is 0.406. The Morgan fingerprint density at radius 3 is 2.39 bits per heavy atom. The van der Waals surface area contributed by atoms with E-state index in [4.69, 9.17) is 10.2 Å². The molecule has 1 rings (SSSR count). The van der Waals surface area contributed by atoms with Crippen LogP contribution in [0.4, 0.5) is 0 Å². The van der Waals surface area contributed by atoms with E-state index in [2.05, 4.69) is 0 Å². The van der Waals surface area contributed by atoms with Crippen molar-refractivity contribution in [2.24, 2.45) is 0 Å². The molecule has 1 heterocycles. The lowest BCUT2D eigenvalue weighted by Crippen LogP contribution is -2.48. The van der Waals surface area contributed by atoms with Crippen molar-refractivity contribution in [3.63, 3.8) is 0 Å². The molecule has 18 heavy (non-hydrogen) atoms. The fraction of sp³-hybridized carbons (Fsp3) is 0.333. The number of nitrogens with one attached hydrogen (secondary N) is 3. The van der Waals surface area contributed by atoms with Crippen LogP contribution >= 0.6 is 0 Å². The minimum absolute atomic E-state index is 0.393. The number of aliphatic hydroxyl groups is 1. The van der Waals surface area contributed by atoms with Gasteiger partial charge in [-0.1, -0.05) is 0 Å². The Kier molecular flexibility index (Phi) is 4.00. The largest absolute Gasteiger partial charge is 0.480 e. The molecule has 1 aromatic rings. The number of aliphatic carboxylic acids is 1. The van der Waals surface area contributed by atoms with Crippen LogP contribution in [0.3, 0.4) is 0 Å². The molecule has 0 saturated heterocycles. The zero-order valence-corrected chi connectivity index (χ0v) is 9.26. The van der Waals surface area contributed by atoms with Crippen molar-refractivity contribution in [1.29, 1.82) is 0 Å². The highest BCUT2D eigenvalue weighted by atomic mass is 16.4. The molecule has 0 aliphatic heterocycles. The van der Waals surface area contributed by atoms with Crippen LogP contribution < -0.4 is 16.6 Å². The van der Waals surface area contributed by atoms with Crippen LogP contribution in [0.15, 0.2) is 15.7 Å². The Bertz CT molecular complexity index is 544. The molecule has 2 atom stereocenters. The highest BCUT2D eigenvalue weighted by Crippen LogP contribution is 1.95. The maximum Gasteiger partial charge on any atom is 0.328 e. The predicted octanol–water partition coefficient (Wildman–Crippen LogP) is -2.37. The second kappa shape index (κ2) is 5.27. The Hall–Kier alpha value is -2.42. The normalized spacial score (nSPS) is 13.7. The zero-order chi connectivity index (χ0) is 13.9. The molecule has 0 aromatic carbocycles. The van der Waals surface area contributed by atoms with Crippen molar-refractivity contribution in [2.45, 2.75) is 19.1 Å². The van der Waals surface area contributed by atoms with Crippen molar-refractivity contribution in [1.82, 2.24) is 15.3 Å². The first-order chi connectivity index (χ1) is 8.31. The van der Waals surface area contributed by atoms with Gasteiger partial charge >= 0.3 is 11.7 Å². The number of hydrogen-bond acceptors (Lipinski definition) is 5. The third kappa shape index (κ3) is 3.28. The second-order valence-electron chi connectivity index (χ2n) is 3.53. The van der Waals surface area contributed by atoms with Crippen LogP contribution in [0, 0.1) is 0 Å². The molecule has 0 saturated carbocycles. The van der Waals surface area contributed by atoms with Crippen LogP contribution in [0.25, 0.3) is 0 Å². The Labute approximate surface area is 99.5 Å². The maximum atomic E-state index is 11.6. The first kappa shape index (κ1) is 13.6. The number of H-pyrrole nitrogens is 2. The van der Waals surface area contributed by atoms with Crippen LogP contribution in [-0.4, -0.2) is 44.2 Å². The molecule has 0 aliphatic carbocycles. The Morgan fingerprint density at radius 1 is 1.33 bits per heavy atom. The number of amides is 1. The third-order valence-electron chi connectivity index (χ3n) is 2.04. The van der Waals surface area contributed by atoms with Gasteiger partial charge in [0.1, 0.15) is 5.69 Å². The first-order valence-electron chi connectivity index (χ1n) is 4.86. The van der Waals surface area contributed by atoms with Gasteiger partial charge in [-0.25, -0.2) is 9.59 Å². The summed E-state index contributed by atoms with van der Waals surface area (Å²) >= 11 is 0. The van der Waals surface area contributed by atoms with E-state index in [1.54, 1.807) is 0 Å². The Morgan fingerprint density at radius 2 is 1.94 bits per heavy atom. The van der Waals surface area contributed by atoms with Gasteiger partial charge in [-0.15, -0.1) is 0 Å². The summed E-state index contributed by atoms with van der Waals surface area (Å²) in [5.74, 6) is -2.42. The number of carbonyl (C=O) groups excluding carboxylic acids is 1.